The zero-order valence-corrected chi connectivity index (χ0v) is 15.3. The molecule has 0 aliphatic carbocycles. The van der Waals surface area contributed by atoms with Crippen molar-refractivity contribution in [2.45, 2.75) is 84.2 Å². The van der Waals surface area contributed by atoms with E-state index in [2.05, 4.69) is 51.9 Å². The molecule has 0 radical (unpaired) electrons. The molecule has 1 heterocycles. The summed E-state index contributed by atoms with van der Waals surface area (Å²) < 4.78 is 3.10. The zero-order chi connectivity index (χ0) is 15.7. The van der Waals surface area contributed by atoms with Crippen LogP contribution in [0.5, 0.6) is 0 Å². The summed E-state index contributed by atoms with van der Waals surface area (Å²) in [5.74, 6) is 5.77. The highest BCUT2D eigenvalue weighted by Crippen LogP contribution is 2.28. The third kappa shape index (κ3) is 6.09. The number of halogens is 1. The second-order valence-electron chi connectivity index (χ2n) is 6.05. The Hall–Kier alpha value is -0.390. The molecule has 21 heavy (non-hydrogen) atoms. The predicted octanol–water partition coefficient (Wildman–Crippen LogP) is 4.87. The van der Waals surface area contributed by atoms with Crippen molar-refractivity contribution < 1.29 is 0 Å². The largest absolute Gasteiger partial charge is 0.271 e. The number of nitrogens with zero attached hydrogens (tertiary/aromatic N) is 2. The van der Waals surface area contributed by atoms with E-state index in [1.807, 2.05) is 6.20 Å². The molecule has 1 rings (SSSR count). The molecule has 1 unspecified atom stereocenters. The second kappa shape index (κ2) is 10.4. The zero-order valence-electron chi connectivity index (χ0n) is 13.7. The van der Waals surface area contributed by atoms with Crippen molar-refractivity contribution in [1.82, 2.24) is 15.2 Å². The summed E-state index contributed by atoms with van der Waals surface area (Å²) >= 11 is 3.60. The van der Waals surface area contributed by atoms with Crippen LogP contribution in [0.3, 0.4) is 0 Å². The lowest BCUT2D eigenvalue weighted by molar-refractivity contribution is 0.417. The minimum absolute atomic E-state index is 0.167. The SMILES string of the molecule is CCCCCCCCCC(NN)c1c(Br)cnn1C(C)C. The van der Waals surface area contributed by atoms with Gasteiger partial charge in [-0.2, -0.15) is 5.10 Å². The molecule has 1 atom stereocenters. The van der Waals surface area contributed by atoms with Crippen LogP contribution >= 0.6 is 15.9 Å². The number of rotatable bonds is 11. The molecule has 122 valence electrons. The van der Waals surface area contributed by atoms with Crippen molar-refractivity contribution in [3.63, 3.8) is 0 Å². The molecule has 0 bridgehead atoms. The Bertz CT molecular complexity index is 390. The Balaban J connectivity index is 2.43. The van der Waals surface area contributed by atoms with E-state index >= 15 is 0 Å². The van der Waals surface area contributed by atoms with Crippen molar-refractivity contribution in [2.75, 3.05) is 0 Å². The summed E-state index contributed by atoms with van der Waals surface area (Å²) in [6.45, 7) is 6.54. The predicted molar refractivity (Wildman–Crippen MR) is 93.0 cm³/mol. The number of unbranched alkanes of at least 4 members (excludes halogenated alkanes) is 6. The lowest BCUT2D eigenvalue weighted by Gasteiger charge is -2.20. The van der Waals surface area contributed by atoms with Gasteiger partial charge in [0, 0.05) is 6.04 Å². The lowest BCUT2D eigenvalue weighted by atomic mass is 10.0. The fourth-order valence-electron chi connectivity index (χ4n) is 2.69. The standard InChI is InChI=1S/C16H31BrN4/c1-4-5-6-7-8-9-10-11-15(20-18)16-14(17)12-19-21(16)13(2)3/h12-13,15,20H,4-11,18H2,1-3H3. The number of nitrogens with two attached hydrogens (primary N) is 1. The molecule has 0 aliphatic heterocycles. The third-order valence-electron chi connectivity index (χ3n) is 3.90. The van der Waals surface area contributed by atoms with Crippen molar-refractivity contribution >= 4 is 15.9 Å². The maximum atomic E-state index is 5.77. The quantitative estimate of drug-likeness (QED) is 0.337. The normalized spacial score (nSPS) is 13.0. The average Bonchev–Trinajstić information content (AvgIpc) is 2.84. The first-order valence-corrected chi connectivity index (χ1v) is 9.10. The van der Waals surface area contributed by atoms with Crippen LogP contribution in [0.1, 0.15) is 89.9 Å². The molecular weight excluding hydrogens is 328 g/mol. The third-order valence-corrected chi connectivity index (χ3v) is 4.51. The molecule has 1 aromatic heterocycles. The van der Waals surface area contributed by atoms with Crippen LogP contribution in [-0.2, 0) is 0 Å². The molecule has 0 saturated heterocycles. The minimum atomic E-state index is 0.167. The van der Waals surface area contributed by atoms with Gasteiger partial charge in [0.05, 0.1) is 22.4 Å². The number of nitrogens with one attached hydrogen (secondary N) is 1. The molecule has 4 nitrogen and oxygen atoms in total. The molecule has 0 fully saturated rings. The van der Waals surface area contributed by atoms with Gasteiger partial charge in [-0.25, -0.2) is 0 Å². The highest BCUT2D eigenvalue weighted by atomic mass is 79.9. The van der Waals surface area contributed by atoms with Crippen LogP contribution in [0.15, 0.2) is 10.7 Å². The highest BCUT2D eigenvalue weighted by molar-refractivity contribution is 9.10. The van der Waals surface area contributed by atoms with Gasteiger partial charge >= 0.3 is 0 Å². The lowest BCUT2D eigenvalue weighted by Crippen LogP contribution is -2.30. The summed E-state index contributed by atoms with van der Waals surface area (Å²) in [7, 11) is 0. The van der Waals surface area contributed by atoms with E-state index in [9.17, 15) is 0 Å². The van der Waals surface area contributed by atoms with Gasteiger partial charge in [0.1, 0.15) is 0 Å². The van der Waals surface area contributed by atoms with E-state index < -0.39 is 0 Å². The van der Waals surface area contributed by atoms with Gasteiger partial charge in [-0.1, -0.05) is 51.9 Å². The van der Waals surface area contributed by atoms with Crippen molar-refractivity contribution in [2.24, 2.45) is 5.84 Å². The van der Waals surface area contributed by atoms with Crippen LogP contribution in [0.2, 0.25) is 0 Å². The molecule has 0 amide bonds. The van der Waals surface area contributed by atoms with Gasteiger partial charge in [0.15, 0.2) is 0 Å². The van der Waals surface area contributed by atoms with Gasteiger partial charge in [0.2, 0.25) is 0 Å². The molecule has 5 heteroatoms. The Morgan fingerprint density at radius 1 is 1.19 bits per heavy atom. The second-order valence-corrected chi connectivity index (χ2v) is 6.90. The van der Waals surface area contributed by atoms with Crippen LogP contribution in [0, 0.1) is 0 Å². The first-order chi connectivity index (χ1) is 10.1. The first kappa shape index (κ1) is 18.7. The van der Waals surface area contributed by atoms with Crippen LogP contribution in [-0.4, -0.2) is 9.78 Å². The summed E-state index contributed by atoms with van der Waals surface area (Å²) in [5.41, 5.74) is 4.13. The summed E-state index contributed by atoms with van der Waals surface area (Å²) in [6.07, 6.45) is 12.2. The molecule has 0 aliphatic rings. The molecule has 1 aromatic rings. The van der Waals surface area contributed by atoms with Crippen molar-refractivity contribution in [1.29, 1.82) is 0 Å². The van der Waals surface area contributed by atoms with E-state index in [4.69, 9.17) is 5.84 Å². The van der Waals surface area contributed by atoms with Gasteiger partial charge in [-0.05, 0) is 36.2 Å². The van der Waals surface area contributed by atoms with Gasteiger partial charge < -0.3 is 0 Å². The number of aromatic nitrogens is 2. The van der Waals surface area contributed by atoms with Crippen LogP contribution in [0.4, 0.5) is 0 Å². The Kier molecular flexibility index (Phi) is 9.20. The molecule has 0 spiro atoms. The Labute approximate surface area is 138 Å². The minimum Gasteiger partial charge on any atom is -0.271 e. The number of hydrogen-bond donors (Lipinski definition) is 2. The van der Waals surface area contributed by atoms with E-state index in [-0.39, 0.29) is 6.04 Å². The molecule has 0 aromatic carbocycles. The van der Waals surface area contributed by atoms with Crippen LogP contribution < -0.4 is 11.3 Å². The van der Waals surface area contributed by atoms with Crippen molar-refractivity contribution in [3.8, 4) is 0 Å². The summed E-state index contributed by atoms with van der Waals surface area (Å²) in [6, 6.07) is 0.510. The summed E-state index contributed by atoms with van der Waals surface area (Å²) in [5, 5.41) is 4.44. The van der Waals surface area contributed by atoms with Crippen molar-refractivity contribution in [3.05, 3.63) is 16.4 Å². The monoisotopic (exact) mass is 358 g/mol. The fraction of sp³-hybridized carbons (Fsp3) is 0.812. The maximum absolute atomic E-state index is 5.77. The molecular formula is C16H31BrN4. The molecule has 0 saturated carbocycles. The van der Waals surface area contributed by atoms with Gasteiger partial charge in [0.25, 0.3) is 0 Å². The fourth-order valence-corrected chi connectivity index (χ4v) is 3.24. The number of hydrogen-bond acceptors (Lipinski definition) is 3. The average molecular weight is 359 g/mol. The van der Waals surface area contributed by atoms with Crippen LogP contribution in [0.25, 0.3) is 0 Å². The molecule has 3 N–H and O–H groups in total. The van der Waals surface area contributed by atoms with E-state index in [0.717, 1.165) is 10.9 Å². The Morgan fingerprint density at radius 3 is 2.38 bits per heavy atom. The first-order valence-electron chi connectivity index (χ1n) is 8.30. The Morgan fingerprint density at radius 2 is 1.81 bits per heavy atom. The highest BCUT2D eigenvalue weighted by Gasteiger charge is 2.20. The summed E-state index contributed by atoms with van der Waals surface area (Å²) in [4.78, 5) is 0. The van der Waals surface area contributed by atoms with Gasteiger partial charge in [-0.3, -0.25) is 16.0 Å². The number of hydrazine groups is 1. The topological polar surface area (TPSA) is 55.9 Å². The smallest absolute Gasteiger partial charge is 0.0712 e. The van der Waals surface area contributed by atoms with E-state index in [1.165, 1.54) is 50.6 Å². The van der Waals surface area contributed by atoms with Gasteiger partial charge in [-0.15, -0.1) is 0 Å². The van der Waals surface area contributed by atoms with E-state index in [1.54, 1.807) is 0 Å². The maximum Gasteiger partial charge on any atom is 0.0712 e. The van der Waals surface area contributed by atoms with E-state index in [0.29, 0.717) is 6.04 Å².